The van der Waals surface area contributed by atoms with Gasteiger partial charge >= 0.3 is 0 Å². The van der Waals surface area contributed by atoms with Gasteiger partial charge in [0.05, 0.1) is 20.4 Å². The predicted molar refractivity (Wildman–Crippen MR) is 144 cm³/mol. The number of aryl methyl sites for hydroxylation is 2. The van der Waals surface area contributed by atoms with E-state index < -0.39 is 51.0 Å². The van der Waals surface area contributed by atoms with Crippen LogP contribution in [0.15, 0.2) is 114 Å². The van der Waals surface area contributed by atoms with Gasteiger partial charge in [0.1, 0.15) is 9.81 Å². The summed E-state index contributed by atoms with van der Waals surface area (Å²) in [4.78, 5) is 10.8. The highest BCUT2D eigenvalue weighted by Gasteiger charge is 2.38. The molecule has 4 rings (SSSR count). The molecule has 0 saturated heterocycles. The van der Waals surface area contributed by atoms with E-state index in [1.54, 1.807) is 13.8 Å². The minimum Gasteiger partial charge on any atom is -0.287 e. The summed E-state index contributed by atoms with van der Waals surface area (Å²) in [6, 6.07) is 16.2. The Bertz CT molecular complexity index is 1760. The van der Waals surface area contributed by atoms with Crippen molar-refractivity contribution >= 4 is 52.8 Å². The van der Waals surface area contributed by atoms with Crippen LogP contribution in [-0.4, -0.2) is 36.7 Å². The molecule has 12 heteroatoms. The lowest BCUT2D eigenvalue weighted by molar-refractivity contribution is -0.111. The molecule has 0 atom stereocenters. The number of halogens is 1. The molecule has 3 aromatic rings. The summed E-state index contributed by atoms with van der Waals surface area (Å²) in [5, 5.41) is 0.276. The number of hydrogen-bond donors (Lipinski definition) is 0. The molecule has 0 amide bonds. The fourth-order valence-corrected chi connectivity index (χ4v) is 7.42. The third kappa shape index (κ3) is 5.41. The average molecular weight is 590 g/mol. The largest absolute Gasteiger partial charge is 0.287 e. The molecule has 0 bridgehead atoms. The molecule has 196 valence electrons. The van der Waals surface area contributed by atoms with Gasteiger partial charge in [-0.1, -0.05) is 47.0 Å². The van der Waals surface area contributed by atoms with Gasteiger partial charge in [0.2, 0.25) is 25.5 Å². The van der Waals surface area contributed by atoms with Crippen LogP contribution in [0, 0.1) is 13.8 Å². The van der Waals surface area contributed by atoms with Crippen molar-refractivity contribution in [2.24, 2.45) is 4.40 Å². The second-order valence-corrected chi connectivity index (χ2v) is 14.3. The number of hydrogen-bond acceptors (Lipinski definition) is 7. The summed E-state index contributed by atoms with van der Waals surface area (Å²) in [7, 11) is -13.5. The van der Waals surface area contributed by atoms with Crippen molar-refractivity contribution in [2.75, 3.05) is 0 Å². The molecule has 0 saturated carbocycles. The van der Waals surface area contributed by atoms with Crippen LogP contribution in [0.25, 0.3) is 0 Å². The summed E-state index contributed by atoms with van der Waals surface area (Å²) in [5.41, 5.74) is 0.967. The number of Topliss-reactive ketones (excluding diaryl/α,β-unsaturated/α-hetero) is 1. The van der Waals surface area contributed by atoms with E-state index in [-0.39, 0.29) is 19.7 Å². The average Bonchev–Trinajstić information content (AvgIpc) is 2.85. The lowest BCUT2D eigenvalue weighted by atomic mass is 10.1. The van der Waals surface area contributed by atoms with Crippen LogP contribution >= 0.6 is 11.6 Å². The Balaban J connectivity index is 1.94. The molecular formula is C26H20ClNO7S3. The van der Waals surface area contributed by atoms with E-state index in [0.29, 0.717) is 0 Å². The molecule has 0 unspecified atom stereocenters. The standard InChI is InChI=1S/C26H20ClNO7S3/c1-17-3-9-21(10-4-17)36(30,31)24-15-20(28-38(34,35)23-13-7-19(27)8-14-23)16-25(26(24)29)37(32,33)22-11-5-18(2)6-12-22/h3-16H,1-2H3. The minimum absolute atomic E-state index is 0.265. The highest BCUT2D eigenvalue weighted by atomic mass is 35.5. The number of allylic oxidation sites excluding steroid dienone is 4. The van der Waals surface area contributed by atoms with E-state index in [1.807, 2.05) is 0 Å². The quantitative estimate of drug-likeness (QED) is 0.390. The Labute approximate surface area is 225 Å². The van der Waals surface area contributed by atoms with Crippen LogP contribution in [-0.2, 0) is 34.5 Å². The lowest BCUT2D eigenvalue weighted by Crippen LogP contribution is -2.26. The van der Waals surface area contributed by atoms with Crippen LogP contribution in [0.4, 0.5) is 0 Å². The van der Waals surface area contributed by atoms with Crippen LogP contribution in [0.2, 0.25) is 5.02 Å². The normalized spacial score (nSPS) is 14.6. The molecule has 3 aromatic carbocycles. The van der Waals surface area contributed by atoms with Crippen LogP contribution in [0.1, 0.15) is 11.1 Å². The Morgan fingerprint density at radius 2 is 0.947 bits per heavy atom. The van der Waals surface area contributed by atoms with Gasteiger partial charge in [0.15, 0.2) is 0 Å². The Morgan fingerprint density at radius 1 is 0.579 bits per heavy atom. The Morgan fingerprint density at radius 3 is 1.34 bits per heavy atom. The van der Waals surface area contributed by atoms with Gasteiger partial charge in [0, 0.05) is 5.02 Å². The van der Waals surface area contributed by atoms with Crippen molar-refractivity contribution in [1.82, 2.24) is 0 Å². The van der Waals surface area contributed by atoms with E-state index in [9.17, 15) is 30.0 Å². The maximum absolute atomic E-state index is 13.5. The first kappa shape index (κ1) is 27.6. The van der Waals surface area contributed by atoms with E-state index in [0.717, 1.165) is 23.3 Å². The molecule has 0 heterocycles. The van der Waals surface area contributed by atoms with Crippen molar-refractivity contribution in [3.63, 3.8) is 0 Å². The summed E-state index contributed by atoms with van der Waals surface area (Å²) in [6.45, 7) is 3.48. The second kappa shape index (κ2) is 10.1. The third-order valence-electron chi connectivity index (χ3n) is 5.58. The summed E-state index contributed by atoms with van der Waals surface area (Å²) >= 11 is 5.82. The zero-order chi connectivity index (χ0) is 27.9. The molecule has 0 aliphatic heterocycles. The maximum atomic E-state index is 13.5. The molecule has 8 nitrogen and oxygen atoms in total. The summed E-state index contributed by atoms with van der Waals surface area (Å²) < 4.78 is 83.4. The molecule has 1 aliphatic rings. The van der Waals surface area contributed by atoms with Crippen molar-refractivity contribution in [3.8, 4) is 0 Å². The first-order chi connectivity index (χ1) is 17.7. The van der Waals surface area contributed by atoms with Gasteiger partial charge in [-0.2, -0.15) is 12.8 Å². The number of rotatable bonds is 6. The number of sulfonamides is 1. The first-order valence-electron chi connectivity index (χ1n) is 10.9. The zero-order valence-corrected chi connectivity index (χ0v) is 23.2. The first-order valence-corrected chi connectivity index (χ1v) is 15.7. The lowest BCUT2D eigenvalue weighted by Gasteiger charge is -2.16. The van der Waals surface area contributed by atoms with Gasteiger partial charge in [0.25, 0.3) is 10.0 Å². The van der Waals surface area contributed by atoms with Gasteiger partial charge in [-0.3, -0.25) is 4.79 Å². The fourth-order valence-electron chi connectivity index (χ4n) is 3.50. The van der Waals surface area contributed by atoms with Gasteiger partial charge < -0.3 is 0 Å². The van der Waals surface area contributed by atoms with Gasteiger partial charge in [-0.15, -0.1) is 0 Å². The third-order valence-corrected chi connectivity index (χ3v) is 10.7. The van der Waals surface area contributed by atoms with Crippen molar-refractivity contribution < 1.29 is 30.0 Å². The van der Waals surface area contributed by atoms with Crippen molar-refractivity contribution in [1.29, 1.82) is 0 Å². The minimum atomic E-state index is -4.56. The molecule has 0 spiro atoms. The summed E-state index contributed by atoms with van der Waals surface area (Å²) in [5.74, 6) is -1.30. The number of carbonyl (C=O) groups excluding carboxylic acids is 1. The second-order valence-electron chi connectivity index (χ2n) is 8.42. The monoisotopic (exact) mass is 589 g/mol. The van der Waals surface area contributed by atoms with Crippen molar-refractivity contribution in [2.45, 2.75) is 28.5 Å². The topological polar surface area (TPSA) is 132 Å². The molecule has 0 radical (unpaired) electrons. The van der Waals surface area contributed by atoms with Crippen LogP contribution in [0.5, 0.6) is 0 Å². The Hall–Kier alpha value is -3.38. The number of ketones is 1. The highest BCUT2D eigenvalue weighted by molar-refractivity contribution is 7.98. The molecule has 0 N–H and O–H groups in total. The zero-order valence-electron chi connectivity index (χ0n) is 20.0. The van der Waals surface area contributed by atoms with Gasteiger partial charge in [-0.25, -0.2) is 16.8 Å². The molecule has 1 aliphatic carbocycles. The van der Waals surface area contributed by atoms with Crippen LogP contribution < -0.4 is 0 Å². The molecule has 0 aromatic heterocycles. The number of sulfone groups is 2. The predicted octanol–water partition coefficient (Wildman–Crippen LogP) is 4.38. The fraction of sp³-hybridized carbons (Fsp3) is 0.0769. The van der Waals surface area contributed by atoms with E-state index >= 15 is 0 Å². The van der Waals surface area contributed by atoms with Crippen LogP contribution in [0.3, 0.4) is 0 Å². The smallest absolute Gasteiger partial charge is 0.282 e. The molecular weight excluding hydrogens is 570 g/mol. The molecule has 38 heavy (non-hydrogen) atoms. The van der Waals surface area contributed by atoms with E-state index in [4.69, 9.17) is 11.6 Å². The van der Waals surface area contributed by atoms with E-state index in [2.05, 4.69) is 4.40 Å². The number of nitrogens with zero attached hydrogens (tertiary/aromatic N) is 1. The number of carbonyl (C=O) groups is 1. The SMILES string of the molecule is Cc1ccc(S(=O)(=O)C2=CC(=NS(=O)(=O)c3ccc(Cl)cc3)C=C(S(=O)(=O)c3ccc(C)cc3)C2=O)cc1. The Kier molecular flexibility index (Phi) is 7.32. The van der Waals surface area contributed by atoms with E-state index in [1.165, 1.54) is 72.8 Å². The highest BCUT2D eigenvalue weighted by Crippen LogP contribution is 2.31. The number of benzene rings is 3. The van der Waals surface area contributed by atoms with Gasteiger partial charge in [-0.05, 0) is 74.5 Å². The summed E-state index contributed by atoms with van der Waals surface area (Å²) in [6.07, 6.45) is 1.53. The van der Waals surface area contributed by atoms with Crippen molar-refractivity contribution in [3.05, 3.63) is 111 Å². The molecule has 0 fully saturated rings. The maximum Gasteiger partial charge on any atom is 0.282 e.